The number of piperidine rings is 1. The fraction of sp³-hybridized carbons (Fsp3) is 0.348. The Kier molecular flexibility index (Phi) is 7.00. The van der Waals surface area contributed by atoms with Gasteiger partial charge in [0, 0.05) is 43.2 Å². The Bertz CT molecular complexity index is 859. The molecule has 0 aliphatic carbocycles. The van der Waals surface area contributed by atoms with Gasteiger partial charge in [-0.25, -0.2) is 0 Å². The lowest BCUT2D eigenvalue weighted by molar-refractivity contribution is -0.126. The van der Waals surface area contributed by atoms with Crippen molar-refractivity contribution >= 4 is 17.7 Å². The molecule has 29 heavy (non-hydrogen) atoms. The van der Waals surface area contributed by atoms with Crippen molar-refractivity contribution in [2.24, 2.45) is 5.92 Å². The van der Waals surface area contributed by atoms with Gasteiger partial charge in [0.1, 0.15) is 0 Å². The van der Waals surface area contributed by atoms with Crippen molar-refractivity contribution in [1.82, 2.24) is 15.5 Å². The summed E-state index contributed by atoms with van der Waals surface area (Å²) in [5.41, 5.74) is 2.30. The Morgan fingerprint density at radius 1 is 0.897 bits per heavy atom. The van der Waals surface area contributed by atoms with Gasteiger partial charge in [0.2, 0.25) is 5.91 Å². The van der Waals surface area contributed by atoms with E-state index in [0.29, 0.717) is 44.6 Å². The molecule has 1 aliphatic rings. The molecule has 1 fully saturated rings. The third-order valence-electron chi connectivity index (χ3n) is 5.27. The van der Waals surface area contributed by atoms with Crippen molar-refractivity contribution in [3.05, 3.63) is 71.3 Å². The lowest BCUT2D eigenvalue weighted by Gasteiger charge is -2.31. The lowest BCUT2D eigenvalue weighted by atomic mass is 9.95. The van der Waals surface area contributed by atoms with Crippen LogP contribution in [-0.4, -0.2) is 48.8 Å². The fourth-order valence-electron chi connectivity index (χ4n) is 3.53. The van der Waals surface area contributed by atoms with Crippen molar-refractivity contribution in [2.45, 2.75) is 19.8 Å². The molecule has 152 valence electrons. The van der Waals surface area contributed by atoms with Gasteiger partial charge in [-0.15, -0.1) is 0 Å². The van der Waals surface area contributed by atoms with E-state index in [9.17, 15) is 14.4 Å². The predicted molar refractivity (Wildman–Crippen MR) is 112 cm³/mol. The van der Waals surface area contributed by atoms with E-state index < -0.39 is 0 Å². The van der Waals surface area contributed by atoms with Crippen LogP contribution < -0.4 is 10.6 Å². The minimum absolute atomic E-state index is 0.0121. The summed E-state index contributed by atoms with van der Waals surface area (Å²) in [4.78, 5) is 38.9. The summed E-state index contributed by atoms with van der Waals surface area (Å²) in [5, 5.41) is 5.68. The maximum atomic E-state index is 12.7. The molecule has 0 saturated carbocycles. The van der Waals surface area contributed by atoms with Crippen molar-refractivity contribution in [1.29, 1.82) is 0 Å². The van der Waals surface area contributed by atoms with Crippen molar-refractivity contribution in [2.75, 3.05) is 26.2 Å². The number of carbonyl (C=O) groups is 3. The zero-order valence-electron chi connectivity index (χ0n) is 16.7. The molecule has 3 rings (SSSR count). The van der Waals surface area contributed by atoms with Gasteiger partial charge in [-0.1, -0.05) is 36.4 Å². The quantitative estimate of drug-likeness (QED) is 0.740. The molecule has 6 heteroatoms. The zero-order chi connectivity index (χ0) is 20.6. The van der Waals surface area contributed by atoms with E-state index in [1.807, 2.05) is 54.3 Å². The summed E-state index contributed by atoms with van der Waals surface area (Å²) in [5.74, 6) is -0.226. The first kappa shape index (κ1) is 20.6. The maximum absolute atomic E-state index is 12.7. The van der Waals surface area contributed by atoms with Crippen LogP contribution in [0.15, 0.2) is 54.6 Å². The molecule has 0 unspecified atom stereocenters. The molecule has 0 atom stereocenters. The molecule has 1 heterocycles. The third-order valence-corrected chi connectivity index (χ3v) is 5.27. The number of benzene rings is 2. The summed E-state index contributed by atoms with van der Waals surface area (Å²) in [6.07, 6.45) is 1.31. The number of aryl methyl sites for hydroxylation is 1. The summed E-state index contributed by atoms with van der Waals surface area (Å²) in [7, 11) is 0. The smallest absolute Gasteiger partial charge is 0.254 e. The Balaban J connectivity index is 1.38. The molecule has 2 aromatic carbocycles. The molecule has 3 amide bonds. The highest BCUT2D eigenvalue weighted by Gasteiger charge is 2.28. The molecular formula is C23H27N3O3. The number of amides is 3. The number of rotatable bonds is 6. The van der Waals surface area contributed by atoms with Gasteiger partial charge in [-0.3, -0.25) is 14.4 Å². The molecule has 1 aliphatic heterocycles. The molecule has 1 saturated heterocycles. The molecule has 2 aromatic rings. The van der Waals surface area contributed by atoms with Crippen LogP contribution in [0.3, 0.4) is 0 Å². The molecule has 0 bridgehead atoms. The topological polar surface area (TPSA) is 78.5 Å². The summed E-state index contributed by atoms with van der Waals surface area (Å²) >= 11 is 0. The first-order chi connectivity index (χ1) is 14.1. The van der Waals surface area contributed by atoms with E-state index in [2.05, 4.69) is 10.6 Å². The van der Waals surface area contributed by atoms with Crippen LogP contribution >= 0.6 is 0 Å². The first-order valence-electron chi connectivity index (χ1n) is 10.0. The van der Waals surface area contributed by atoms with Crippen LogP contribution in [0.4, 0.5) is 0 Å². The molecule has 0 spiro atoms. The molecule has 2 N–H and O–H groups in total. The first-order valence-corrected chi connectivity index (χ1v) is 10.0. The average molecular weight is 393 g/mol. The van der Waals surface area contributed by atoms with Gasteiger partial charge >= 0.3 is 0 Å². The Labute approximate surface area is 171 Å². The van der Waals surface area contributed by atoms with Crippen molar-refractivity contribution < 1.29 is 14.4 Å². The second kappa shape index (κ2) is 9.87. The van der Waals surface area contributed by atoms with Crippen LogP contribution in [0, 0.1) is 12.8 Å². The highest BCUT2D eigenvalue weighted by atomic mass is 16.2. The van der Waals surface area contributed by atoms with Crippen molar-refractivity contribution in [3.8, 4) is 0 Å². The molecular weight excluding hydrogens is 366 g/mol. The largest absolute Gasteiger partial charge is 0.354 e. The third kappa shape index (κ3) is 5.44. The van der Waals surface area contributed by atoms with Gasteiger partial charge in [0.05, 0.1) is 0 Å². The number of nitrogens with one attached hydrogen (secondary N) is 2. The normalized spacial score (nSPS) is 14.3. The highest BCUT2D eigenvalue weighted by Crippen LogP contribution is 2.20. The van der Waals surface area contributed by atoms with E-state index in [1.54, 1.807) is 12.1 Å². The average Bonchev–Trinajstić information content (AvgIpc) is 2.77. The Morgan fingerprint density at radius 3 is 2.21 bits per heavy atom. The van der Waals surface area contributed by atoms with Gasteiger partial charge in [-0.05, 0) is 43.5 Å². The molecule has 0 radical (unpaired) electrons. The number of carbonyl (C=O) groups excluding carboxylic acids is 3. The SMILES string of the molecule is Cc1ccccc1C(=O)N1CCC(C(=O)NCCNC(=O)c2ccccc2)CC1. The minimum atomic E-state index is -0.150. The van der Waals surface area contributed by atoms with Crippen LogP contribution in [0.1, 0.15) is 39.1 Å². The van der Waals surface area contributed by atoms with E-state index in [4.69, 9.17) is 0 Å². The summed E-state index contributed by atoms with van der Waals surface area (Å²) in [6.45, 7) is 3.86. The molecule has 0 aromatic heterocycles. The van der Waals surface area contributed by atoms with E-state index in [-0.39, 0.29) is 23.6 Å². The standard InChI is InChI=1S/C23H27N3O3/c1-17-7-5-6-10-20(17)23(29)26-15-11-19(12-16-26)22(28)25-14-13-24-21(27)18-8-3-2-4-9-18/h2-10,19H,11-16H2,1H3,(H,24,27)(H,25,28). The minimum Gasteiger partial charge on any atom is -0.354 e. The van der Waals surface area contributed by atoms with Gasteiger partial charge in [0.15, 0.2) is 0 Å². The van der Waals surface area contributed by atoms with Gasteiger partial charge < -0.3 is 15.5 Å². The number of hydrogen-bond acceptors (Lipinski definition) is 3. The van der Waals surface area contributed by atoms with E-state index in [0.717, 1.165) is 11.1 Å². The monoisotopic (exact) mass is 393 g/mol. The van der Waals surface area contributed by atoms with Crippen LogP contribution in [-0.2, 0) is 4.79 Å². The molecule has 6 nitrogen and oxygen atoms in total. The van der Waals surface area contributed by atoms with Crippen LogP contribution in [0.2, 0.25) is 0 Å². The van der Waals surface area contributed by atoms with Crippen molar-refractivity contribution in [3.63, 3.8) is 0 Å². The number of nitrogens with zero attached hydrogens (tertiary/aromatic N) is 1. The lowest BCUT2D eigenvalue weighted by Crippen LogP contribution is -2.44. The summed E-state index contributed by atoms with van der Waals surface area (Å²) < 4.78 is 0. The maximum Gasteiger partial charge on any atom is 0.254 e. The predicted octanol–water partition coefficient (Wildman–Crippen LogP) is 2.39. The summed E-state index contributed by atoms with van der Waals surface area (Å²) in [6, 6.07) is 16.6. The number of hydrogen-bond donors (Lipinski definition) is 2. The van der Waals surface area contributed by atoms with Gasteiger partial charge in [-0.2, -0.15) is 0 Å². The van der Waals surface area contributed by atoms with E-state index in [1.165, 1.54) is 0 Å². The Morgan fingerprint density at radius 2 is 1.52 bits per heavy atom. The second-order valence-electron chi connectivity index (χ2n) is 7.29. The van der Waals surface area contributed by atoms with E-state index >= 15 is 0 Å². The second-order valence-corrected chi connectivity index (χ2v) is 7.29. The van der Waals surface area contributed by atoms with Gasteiger partial charge in [0.25, 0.3) is 11.8 Å². The Hall–Kier alpha value is -3.15. The fourth-order valence-corrected chi connectivity index (χ4v) is 3.53. The zero-order valence-corrected chi connectivity index (χ0v) is 16.7. The highest BCUT2D eigenvalue weighted by molar-refractivity contribution is 5.96. The number of likely N-dealkylation sites (tertiary alicyclic amines) is 1. The van der Waals surface area contributed by atoms with Crippen LogP contribution in [0.5, 0.6) is 0 Å². The van der Waals surface area contributed by atoms with Crippen LogP contribution in [0.25, 0.3) is 0 Å².